The lowest BCUT2D eigenvalue weighted by molar-refractivity contribution is -0.133. The molecular weight excluding hydrogens is 362 g/mol. The van der Waals surface area contributed by atoms with Crippen LogP contribution in [-0.2, 0) is 11.2 Å². The van der Waals surface area contributed by atoms with Gasteiger partial charge in [0.05, 0.1) is 13.2 Å². The van der Waals surface area contributed by atoms with Crippen LogP contribution in [0.25, 0.3) is 11.5 Å². The number of rotatable bonds is 8. The number of hydrogen-bond donors (Lipinski definition) is 0. The van der Waals surface area contributed by atoms with E-state index in [1.807, 2.05) is 59.8 Å². The first-order valence-electron chi connectivity index (χ1n) is 8.90. The van der Waals surface area contributed by atoms with Crippen LogP contribution in [0.5, 0.6) is 5.75 Å². The van der Waals surface area contributed by atoms with Gasteiger partial charge >= 0.3 is 0 Å². The van der Waals surface area contributed by atoms with Gasteiger partial charge in [-0.05, 0) is 43.0 Å². The predicted octanol–water partition coefficient (Wildman–Crippen LogP) is 4.35. The van der Waals surface area contributed by atoms with Gasteiger partial charge in [-0.1, -0.05) is 12.1 Å². The Hall–Kier alpha value is -2.67. The minimum absolute atomic E-state index is 0.0401. The van der Waals surface area contributed by atoms with Crippen molar-refractivity contribution in [1.82, 2.24) is 15.1 Å². The summed E-state index contributed by atoms with van der Waals surface area (Å²) in [7, 11) is 1.64. The van der Waals surface area contributed by atoms with Crippen molar-refractivity contribution in [2.24, 2.45) is 0 Å². The topological polar surface area (TPSA) is 68.5 Å². The van der Waals surface area contributed by atoms with Gasteiger partial charge in [-0.15, -0.1) is 10.2 Å². The van der Waals surface area contributed by atoms with Crippen molar-refractivity contribution in [2.75, 3.05) is 13.7 Å². The summed E-state index contributed by atoms with van der Waals surface area (Å²) in [5, 5.41) is 12.0. The molecule has 2 heterocycles. The van der Waals surface area contributed by atoms with Gasteiger partial charge in [-0.2, -0.15) is 11.3 Å². The zero-order valence-corrected chi connectivity index (χ0v) is 16.5. The lowest BCUT2D eigenvalue weighted by Gasteiger charge is -2.28. The quantitative estimate of drug-likeness (QED) is 0.577. The third-order valence-corrected chi connectivity index (χ3v) is 5.18. The molecule has 1 aromatic carbocycles. The number of thiophene rings is 1. The number of benzene rings is 1. The number of aryl methyl sites for hydroxylation is 1. The van der Waals surface area contributed by atoms with Gasteiger partial charge in [0.2, 0.25) is 17.7 Å². The molecule has 1 unspecified atom stereocenters. The fourth-order valence-electron chi connectivity index (χ4n) is 2.96. The first kappa shape index (κ1) is 19.1. The van der Waals surface area contributed by atoms with Crippen molar-refractivity contribution >= 4 is 17.2 Å². The van der Waals surface area contributed by atoms with Crippen molar-refractivity contribution in [3.8, 4) is 17.2 Å². The first-order valence-corrected chi connectivity index (χ1v) is 9.85. The lowest BCUT2D eigenvalue weighted by atomic mass is 10.1. The van der Waals surface area contributed by atoms with Crippen LogP contribution in [-0.4, -0.2) is 34.7 Å². The van der Waals surface area contributed by atoms with E-state index in [0.29, 0.717) is 31.2 Å². The number of ether oxygens (including phenoxy) is 1. The van der Waals surface area contributed by atoms with Gasteiger partial charge in [-0.3, -0.25) is 4.79 Å². The molecule has 0 bridgehead atoms. The van der Waals surface area contributed by atoms with Gasteiger partial charge in [-0.25, -0.2) is 0 Å². The molecule has 6 nitrogen and oxygen atoms in total. The largest absolute Gasteiger partial charge is 0.497 e. The summed E-state index contributed by atoms with van der Waals surface area (Å²) in [4.78, 5) is 14.6. The van der Waals surface area contributed by atoms with E-state index in [2.05, 4.69) is 10.2 Å². The molecule has 0 spiro atoms. The SMILES string of the molecule is CCN(C(=O)CCc1nnc(-c2ccsc2)o1)C(C)c1cccc(OC)c1. The molecule has 0 aliphatic heterocycles. The molecule has 0 fully saturated rings. The summed E-state index contributed by atoms with van der Waals surface area (Å²) < 4.78 is 11.0. The van der Waals surface area contributed by atoms with Crippen molar-refractivity contribution in [3.63, 3.8) is 0 Å². The number of amides is 1. The Kier molecular flexibility index (Phi) is 6.24. The molecule has 1 atom stereocenters. The van der Waals surface area contributed by atoms with Crippen LogP contribution in [0, 0.1) is 0 Å². The molecule has 0 saturated heterocycles. The molecule has 3 aromatic rings. The molecule has 3 rings (SSSR count). The maximum atomic E-state index is 12.8. The van der Waals surface area contributed by atoms with Crippen LogP contribution < -0.4 is 4.74 Å². The summed E-state index contributed by atoms with van der Waals surface area (Å²) in [6.07, 6.45) is 0.755. The maximum Gasteiger partial charge on any atom is 0.248 e. The smallest absolute Gasteiger partial charge is 0.248 e. The fraction of sp³-hybridized carbons (Fsp3) is 0.350. The number of hydrogen-bond acceptors (Lipinski definition) is 6. The zero-order chi connectivity index (χ0) is 19.2. The van der Waals surface area contributed by atoms with E-state index in [-0.39, 0.29) is 11.9 Å². The monoisotopic (exact) mass is 385 g/mol. The molecule has 7 heteroatoms. The first-order chi connectivity index (χ1) is 13.1. The molecule has 0 aliphatic rings. The Balaban J connectivity index is 1.63. The molecular formula is C20H23N3O3S. The Labute approximate surface area is 162 Å². The summed E-state index contributed by atoms with van der Waals surface area (Å²) >= 11 is 1.57. The van der Waals surface area contributed by atoms with E-state index >= 15 is 0 Å². The molecule has 1 amide bonds. The van der Waals surface area contributed by atoms with Gasteiger partial charge in [0.1, 0.15) is 5.75 Å². The van der Waals surface area contributed by atoms with Gasteiger partial charge in [0, 0.05) is 30.3 Å². The highest BCUT2D eigenvalue weighted by atomic mass is 32.1. The average Bonchev–Trinajstić information content (AvgIpc) is 3.38. The van der Waals surface area contributed by atoms with Crippen LogP contribution in [0.4, 0.5) is 0 Å². The molecule has 0 aliphatic carbocycles. The Morgan fingerprint density at radius 2 is 2.19 bits per heavy atom. The van der Waals surface area contributed by atoms with Gasteiger partial charge in [0.25, 0.3) is 0 Å². The van der Waals surface area contributed by atoms with E-state index in [9.17, 15) is 4.79 Å². The summed E-state index contributed by atoms with van der Waals surface area (Å²) in [6, 6.07) is 9.70. The van der Waals surface area contributed by atoms with E-state index in [0.717, 1.165) is 16.9 Å². The van der Waals surface area contributed by atoms with Crippen LogP contribution in [0.1, 0.15) is 37.8 Å². The van der Waals surface area contributed by atoms with E-state index in [1.165, 1.54) is 0 Å². The normalized spacial score (nSPS) is 12.0. The highest BCUT2D eigenvalue weighted by Gasteiger charge is 2.21. The van der Waals surface area contributed by atoms with E-state index in [4.69, 9.17) is 9.15 Å². The third-order valence-electron chi connectivity index (χ3n) is 4.49. The Bertz CT molecular complexity index is 876. The molecule has 27 heavy (non-hydrogen) atoms. The van der Waals surface area contributed by atoms with Crippen molar-refractivity contribution < 1.29 is 13.9 Å². The predicted molar refractivity (Wildman–Crippen MR) is 105 cm³/mol. The fourth-order valence-corrected chi connectivity index (χ4v) is 3.59. The zero-order valence-electron chi connectivity index (χ0n) is 15.7. The summed E-state index contributed by atoms with van der Waals surface area (Å²) in [5.74, 6) is 1.82. The molecule has 0 radical (unpaired) electrons. The molecule has 0 N–H and O–H groups in total. The second-order valence-corrected chi connectivity index (χ2v) is 6.93. The second-order valence-electron chi connectivity index (χ2n) is 6.15. The van der Waals surface area contributed by atoms with Crippen molar-refractivity contribution in [3.05, 3.63) is 52.5 Å². The van der Waals surface area contributed by atoms with E-state index < -0.39 is 0 Å². The number of methoxy groups -OCH3 is 1. The summed E-state index contributed by atoms with van der Waals surface area (Å²) in [5.41, 5.74) is 1.95. The minimum atomic E-state index is -0.0401. The maximum absolute atomic E-state index is 12.8. The molecule has 142 valence electrons. The number of aromatic nitrogens is 2. The highest BCUT2D eigenvalue weighted by molar-refractivity contribution is 7.08. The van der Waals surface area contributed by atoms with Crippen LogP contribution >= 0.6 is 11.3 Å². The van der Waals surface area contributed by atoms with Crippen molar-refractivity contribution in [1.29, 1.82) is 0 Å². The highest BCUT2D eigenvalue weighted by Crippen LogP contribution is 2.25. The Morgan fingerprint density at radius 1 is 1.33 bits per heavy atom. The number of carbonyl (C=O) groups is 1. The van der Waals surface area contributed by atoms with Crippen LogP contribution in [0.3, 0.4) is 0 Å². The third kappa shape index (κ3) is 4.54. The molecule has 0 saturated carbocycles. The van der Waals surface area contributed by atoms with Crippen LogP contribution in [0.15, 0.2) is 45.5 Å². The summed E-state index contributed by atoms with van der Waals surface area (Å²) in [6.45, 7) is 4.63. The molecule has 2 aromatic heterocycles. The van der Waals surface area contributed by atoms with Gasteiger partial charge in [0.15, 0.2) is 0 Å². The number of nitrogens with zero attached hydrogens (tertiary/aromatic N) is 3. The standard InChI is InChI=1S/C20H23N3O3S/c1-4-23(14(2)15-6-5-7-17(12-15)25-3)19(24)9-8-18-21-22-20(26-18)16-10-11-27-13-16/h5-7,10-14H,4,8-9H2,1-3H3. The van der Waals surface area contributed by atoms with Gasteiger partial charge < -0.3 is 14.1 Å². The second kappa shape index (κ2) is 8.81. The van der Waals surface area contributed by atoms with Crippen molar-refractivity contribution in [2.45, 2.75) is 32.7 Å². The lowest BCUT2D eigenvalue weighted by Crippen LogP contribution is -2.33. The van der Waals surface area contributed by atoms with E-state index in [1.54, 1.807) is 18.4 Å². The average molecular weight is 385 g/mol. The Morgan fingerprint density at radius 3 is 2.89 bits per heavy atom. The minimum Gasteiger partial charge on any atom is -0.497 e. The van der Waals surface area contributed by atoms with Crippen LogP contribution in [0.2, 0.25) is 0 Å². The number of carbonyl (C=O) groups excluding carboxylic acids is 1.